The second kappa shape index (κ2) is 22.1. The third-order valence-electron chi connectivity index (χ3n) is 8.24. The van der Waals surface area contributed by atoms with Crippen LogP contribution in [0.5, 0.6) is 11.5 Å². The van der Waals surface area contributed by atoms with E-state index in [9.17, 15) is 9.59 Å². The van der Waals surface area contributed by atoms with Crippen LogP contribution < -0.4 is 14.0 Å². The van der Waals surface area contributed by atoms with Crippen LogP contribution in [-0.2, 0) is 24.4 Å². The molecule has 2 aromatic carbocycles. The van der Waals surface area contributed by atoms with Gasteiger partial charge in [-0.1, -0.05) is 120 Å². The van der Waals surface area contributed by atoms with Gasteiger partial charge in [0, 0.05) is 18.6 Å². The van der Waals surface area contributed by atoms with Gasteiger partial charge in [-0.3, -0.25) is 4.79 Å². The first-order valence-corrected chi connectivity index (χ1v) is 17.9. The molecule has 0 bridgehead atoms. The van der Waals surface area contributed by atoms with Gasteiger partial charge in [0.15, 0.2) is 6.20 Å². The van der Waals surface area contributed by atoms with Crippen LogP contribution in [-0.4, -0.2) is 30.6 Å². The number of amides is 2. The van der Waals surface area contributed by atoms with E-state index in [4.69, 9.17) is 25.8 Å². The van der Waals surface area contributed by atoms with Crippen LogP contribution in [0, 0.1) is 0 Å². The number of aromatic nitrogens is 1. The van der Waals surface area contributed by atoms with Gasteiger partial charge in [-0.15, -0.1) is 0 Å². The minimum Gasteiger partial charge on any atom is -0.496 e. The molecule has 47 heavy (non-hydrogen) atoms. The van der Waals surface area contributed by atoms with Gasteiger partial charge in [0.2, 0.25) is 5.69 Å². The molecule has 0 aliphatic rings. The molecular formula is C39H54ClN2O5+. The monoisotopic (exact) mass is 665 g/mol. The van der Waals surface area contributed by atoms with Crippen molar-refractivity contribution >= 4 is 23.6 Å². The number of aryl methyl sites for hydroxylation is 1. The molecule has 3 aromatic rings. The van der Waals surface area contributed by atoms with Gasteiger partial charge in [-0.25, -0.2) is 14.3 Å². The normalized spacial score (nSPS) is 10.9. The van der Waals surface area contributed by atoms with Crippen LogP contribution in [0.1, 0.15) is 119 Å². The molecule has 0 spiro atoms. The number of hydrogen-bond acceptors (Lipinski definition) is 5. The average Bonchev–Trinajstić information content (AvgIpc) is 3.09. The van der Waals surface area contributed by atoms with Crippen molar-refractivity contribution < 1.29 is 28.4 Å². The van der Waals surface area contributed by atoms with Gasteiger partial charge in [-0.2, -0.15) is 0 Å². The Morgan fingerprint density at radius 1 is 0.766 bits per heavy atom. The first-order valence-electron chi connectivity index (χ1n) is 17.5. The summed E-state index contributed by atoms with van der Waals surface area (Å²) in [6.07, 6.45) is 17.6. The fourth-order valence-electron chi connectivity index (χ4n) is 5.56. The summed E-state index contributed by atoms with van der Waals surface area (Å²) < 4.78 is 19.1. The molecule has 3 rings (SSSR count). The number of unbranched alkanes of at least 4 members (excludes halogenated alkanes) is 11. The lowest BCUT2D eigenvalue weighted by Crippen LogP contribution is -2.44. The molecule has 0 N–H and O–H groups in total. The van der Waals surface area contributed by atoms with Crippen molar-refractivity contribution in [2.45, 2.75) is 117 Å². The largest absolute Gasteiger partial charge is 0.496 e. The number of methoxy groups -OCH3 is 1. The van der Waals surface area contributed by atoms with Crippen molar-refractivity contribution in [2.24, 2.45) is 0 Å². The van der Waals surface area contributed by atoms with E-state index < -0.39 is 12.0 Å². The van der Waals surface area contributed by atoms with Gasteiger partial charge in [0.05, 0.1) is 24.3 Å². The topological polar surface area (TPSA) is 69.0 Å². The van der Waals surface area contributed by atoms with Crippen molar-refractivity contribution in [1.29, 1.82) is 0 Å². The second-order valence-corrected chi connectivity index (χ2v) is 12.4. The van der Waals surface area contributed by atoms with Crippen LogP contribution in [0.2, 0.25) is 5.02 Å². The molecule has 0 atom stereocenters. The predicted molar refractivity (Wildman–Crippen MR) is 188 cm³/mol. The molecule has 0 unspecified atom stereocenters. The fourth-order valence-corrected chi connectivity index (χ4v) is 5.82. The van der Waals surface area contributed by atoms with Crippen LogP contribution in [0.3, 0.4) is 0 Å². The van der Waals surface area contributed by atoms with Crippen LogP contribution in [0.15, 0.2) is 66.9 Å². The Labute approximate surface area is 287 Å². The molecule has 8 heteroatoms. The summed E-state index contributed by atoms with van der Waals surface area (Å²) in [7, 11) is 1.50. The number of nitrogens with zero attached hydrogens (tertiary/aromatic N) is 2. The molecule has 2 amide bonds. The summed E-state index contributed by atoms with van der Waals surface area (Å²) in [5.41, 5.74) is 1.79. The first kappa shape index (κ1) is 37.9. The Bertz CT molecular complexity index is 1360. The highest BCUT2D eigenvalue weighted by Crippen LogP contribution is 2.27. The number of hydrogen-bond donors (Lipinski definition) is 0. The number of benzene rings is 2. The summed E-state index contributed by atoms with van der Waals surface area (Å²) in [6.45, 7) is 5.71. The molecule has 7 nitrogen and oxygen atoms in total. The third-order valence-corrected chi connectivity index (χ3v) is 8.53. The SMILES string of the molecule is CCCCCCCCCCCCCCOc1ccc(COC(=O)N(Cc2cccc[n+]2CCC)C(=O)c2ccccc2OC)cc1Cl. The molecule has 1 heterocycles. The zero-order valence-electron chi connectivity index (χ0n) is 28.7. The van der Waals surface area contributed by atoms with Crippen LogP contribution >= 0.6 is 11.6 Å². The highest BCUT2D eigenvalue weighted by atomic mass is 35.5. The van der Waals surface area contributed by atoms with Gasteiger partial charge in [0.1, 0.15) is 31.2 Å². The van der Waals surface area contributed by atoms with Crippen molar-refractivity contribution in [1.82, 2.24) is 4.90 Å². The molecule has 0 saturated heterocycles. The number of ether oxygens (including phenoxy) is 3. The summed E-state index contributed by atoms with van der Waals surface area (Å²) in [6, 6.07) is 18.0. The molecule has 0 fully saturated rings. The summed E-state index contributed by atoms with van der Waals surface area (Å²) >= 11 is 6.53. The lowest BCUT2D eigenvalue weighted by atomic mass is 10.1. The van der Waals surface area contributed by atoms with Crippen molar-refractivity contribution in [3.63, 3.8) is 0 Å². The van der Waals surface area contributed by atoms with Crippen LogP contribution in [0.4, 0.5) is 4.79 Å². The Kier molecular flexibility index (Phi) is 17.8. The van der Waals surface area contributed by atoms with E-state index in [2.05, 4.69) is 13.8 Å². The minimum absolute atomic E-state index is 0.0446. The summed E-state index contributed by atoms with van der Waals surface area (Å²) in [4.78, 5) is 28.3. The molecule has 0 aliphatic heterocycles. The minimum atomic E-state index is -0.753. The number of para-hydroxylation sites is 1. The van der Waals surface area contributed by atoms with E-state index in [-0.39, 0.29) is 18.7 Å². The van der Waals surface area contributed by atoms with Crippen molar-refractivity contribution in [3.05, 3.63) is 88.7 Å². The zero-order chi connectivity index (χ0) is 33.7. The van der Waals surface area contributed by atoms with Gasteiger partial charge < -0.3 is 14.2 Å². The van der Waals surface area contributed by atoms with E-state index in [1.807, 2.05) is 35.0 Å². The third kappa shape index (κ3) is 13.2. The van der Waals surface area contributed by atoms with E-state index in [0.29, 0.717) is 28.7 Å². The average molecular weight is 666 g/mol. The van der Waals surface area contributed by atoms with Crippen LogP contribution in [0.25, 0.3) is 0 Å². The van der Waals surface area contributed by atoms with Gasteiger partial charge >= 0.3 is 6.09 Å². The Morgan fingerprint density at radius 2 is 1.43 bits per heavy atom. The number of imide groups is 1. The molecule has 0 saturated carbocycles. The maximum absolute atomic E-state index is 13.7. The fraction of sp³-hybridized carbons (Fsp3) is 0.513. The summed E-state index contributed by atoms with van der Waals surface area (Å²) in [5, 5.41) is 0.462. The molecular weight excluding hydrogens is 612 g/mol. The van der Waals surface area contributed by atoms with E-state index in [1.165, 1.54) is 71.3 Å². The number of carbonyl (C=O) groups is 2. The highest BCUT2D eigenvalue weighted by Gasteiger charge is 2.29. The number of pyridine rings is 1. The lowest BCUT2D eigenvalue weighted by Gasteiger charge is -2.21. The second-order valence-electron chi connectivity index (χ2n) is 12.0. The lowest BCUT2D eigenvalue weighted by molar-refractivity contribution is -0.704. The summed E-state index contributed by atoms with van der Waals surface area (Å²) in [5.74, 6) is 0.497. The maximum atomic E-state index is 13.7. The zero-order valence-corrected chi connectivity index (χ0v) is 29.4. The van der Waals surface area contributed by atoms with E-state index >= 15 is 0 Å². The first-order chi connectivity index (χ1) is 23.0. The smallest absolute Gasteiger partial charge is 0.417 e. The van der Waals surface area contributed by atoms with Gasteiger partial charge in [0.25, 0.3) is 5.91 Å². The number of carbonyl (C=O) groups excluding carboxylic acids is 2. The van der Waals surface area contributed by atoms with Gasteiger partial charge in [-0.05, 0) is 36.2 Å². The molecule has 0 aliphatic carbocycles. The van der Waals surface area contributed by atoms with E-state index in [0.717, 1.165) is 36.4 Å². The Morgan fingerprint density at radius 3 is 2.09 bits per heavy atom. The van der Waals surface area contributed by atoms with Crippen molar-refractivity contribution in [2.75, 3.05) is 13.7 Å². The maximum Gasteiger partial charge on any atom is 0.417 e. The number of rotatable bonds is 22. The highest BCUT2D eigenvalue weighted by molar-refractivity contribution is 6.32. The van der Waals surface area contributed by atoms with E-state index in [1.54, 1.807) is 36.4 Å². The Hall–Kier alpha value is -3.58. The Balaban J connectivity index is 1.50. The number of halogens is 1. The standard InChI is InChI=1S/C39H54ClN2O5/c1-4-6-7-8-9-10-11-12-13-14-15-20-28-46-37-25-24-32(29-35(37)40)31-47-39(44)42(30-33-21-18-19-27-41(33)26-5-2)38(43)34-22-16-17-23-36(34)45-3/h16-19,21-25,27,29H,4-15,20,26,28,30-31H2,1-3H3/q+1. The van der Waals surface area contributed by atoms with Crippen molar-refractivity contribution in [3.8, 4) is 11.5 Å². The quantitative estimate of drug-likeness (QED) is 0.0789. The molecule has 0 radical (unpaired) electrons. The molecule has 1 aromatic heterocycles. The molecule has 256 valence electrons. The predicted octanol–water partition coefficient (Wildman–Crippen LogP) is 10.1.